The molecule has 0 spiro atoms. The quantitative estimate of drug-likeness (QED) is 0.830. The summed E-state index contributed by atoms with van der Waals surface area (Å²) >= 11 is 11.7. The van der Waals surface area contributed by atoms with Gasteiger partial charge < -0.3 is 5.73 Å². The van der Waals surface area contributed by atoms with Crippen LogP contribution in [-0.2, 0) is 0 Å². The van der Waals surface area contributed by atoms with Crippen LogP contribution in [0.15, 0.2) is 18.2 Å². The van der Waals surface area contributed by atoms with Gasteiger partial charge in [-0.05, 0) is 30.5 Å². The summed E-state index contributed by atoms with van der Waals surface area (Å²) in [6.45, 7) is 4.51. The number of carbonyl (C=O) groups is 1. The first-order chi connectivity index (χ1) is 7.95. The van der Waals surface area contributed by atoms with Crippen molar-refractivity contribution in [1.29, 1.82) is 0 Å². The Morgan fingerprint density at radius 1 is 1.29 bits per heavy atom. The Labute approximate surface area is 112 Å². The molecule has 0 heterocycles. The summed E-state index contributed by atoms with van der Waals surface area (Å²) in [7, 11) is 0. The molecule has 0 fully saturated rings. The summed E-state index contributed by atoms with van der Waals surface area (Å²) in [4.78, 5) is 12.2. The third kappa shape index (κ3) is 3.98. The third-order valence-electron chi connectivity index (χ3n) is 2.62. The maximum absolute atomic E-state index is 12.2. The maximum Gasteiger partial charge on any atom is 0.167 e. The summed E-state index contributed by atoms with van der Waals surface area (Å²) in [5.41, 5.74) is 6.23. The predicted molar refractivity (Wildman–Crippen MR) is 72.8 cm³/mol. The van der Waals surface area contributed by atoms with Crippen molar-refractivity contribution in [3.8, 4) is 0 Å². The summed E-state index contributed by atoms with van der Waals surface area (Å²) < 4.78 is 0. The molecule has 0 aliphatic heterocycles. The molecule has 1 atom stereocenters. The highest BCUT2D eigenvalue weighted by Gasteiger charge is 2.20. The van der Waals surface area contributed by atoms with Crippen LogP contribution >= 0.6 is 23.2 Å². The molecule has 94 valence electrons. The largest absolute Gasteiger partial charge is 0.330 e. The topological polar surface area (TPSA) is 43.1 Å². The van der Waals surface area contributed by atoms with E-state index in [0.717, 1.165) is 6.42 Å². The van der Waals surface area contributed by atoms with Crippen molar-refractivity contribution in [2.45, 2.75) is 20.3 Å². The van der Waals surface area contributed by atoms with E-state index in [2.05, 4.69) is 13.8 Å². The van der Waals surface area contributed by atoms with Crippen LogP contribution in [0.2, 0.25) is 10.0 Å². The molecule has 0 bridgehead atoms. The van der Waals surface area contributed by atoms with Crippen molar-refractivity contribution in [2.75, 3.05) is 6.54 Å². The van der Waals surface area contributed by atoms with Gasteiger partial charge in [0.2, 0.25) is 0 Å². The highest BCUT2D eigenvalue weighted by Crippen LogP contribution is 2.25. The molecule has 0 aliphatic rings. The molecule has 0 aliphatic carbocycles. The second kappa shape index (κ2) is 6.39. The van der Waals surface area contributed by atoms with E-state index in [9.17, 15) is 4.79 Å². The van der Waals surface area contributed by atoms with Gasteiger partial charge in [0.05, 0.1) is 10.0 Å². The Balaban J connectivity index is 2.90. The minimum atomic E-state index is -0.146. The van der Waals surface area contributed by atoms with Crippen molar-refractivity contribution in [2.24, 2.45) is 17.6 Å². The first-order valence-corrected chi connectivity index (χ1v) is 6.40. The normalized spacial score (nSPS) is 12.8. The average molecular weight is 274 g/mol. The summed E-state index contributed by atoms with van der Waals surface area (Å²) in [5, 5.41) is 0.856. The molecule has 0 amide bonds. The van der Waals surface area contributed by atoms with Crippen molar-refractivity contribution < 1.29 is 4.79 Å². The fourth-order valence-electron chi connectivity index (χ4n) is 1.76. The summed E-state index contributed by atoms with van der Waals surface area (Å²) in [6, 6.07) is 4.94. The smallest absolute Gasteiger partial charge is 0.167 e. The van der Waals surface area contributed by atoms with E-state index >= 15 is 0 Å². The minimum absolute atomic E-state index is 0.0415. The Hall–Kier alpha value is -0.570. The Bertz CT molecular complexity index is 404. The fourth-order valence-corrected chi connectivity index (χ4v) is 2.06. The van der Waals surface area contributed by atoms with Crippen molar-refractivity contribution in [3.05, 3.63) is 33.8 Å². The van der Waals surface area contributed by atoms with Gasteiger partial charge >= 0.3 is 0 Å². The van der Waals surface area contributed by atoms with Gasteiger partial charge in [-0.3, -0.25) is 4.79 Å². The molecule has 1 aromatic rings. The second-order valence-electron chi connectivity index (χ2n) is 4.56. The molecule has 2 N–H and O–H groups in total. The molecular weight excluding hydrogens is 257 g/mol. The lowest BCUT2D eigenvalue weighted by Gasteiger charge is -2.16. The SMILES string of the molecule is CC(C)CC(CN)C(=O)c1ccc(Cl)c(Cl)c1. The Kier molecular flexibility index (Phi) is 5.44. The number of rotatable bonds is 5. The fraction of sp³-hybridized carbons (Fsp3) is 0.462. The van der Waals surface area contributed by atoms with Crippen LogP contribution in [0.1, 0.15) is 30.6 Å². The van der Waals surface area contributed by atoms with Gasteiger partial charge in [0.1, 0.15) is 0 Å². The van der Waals surface area contributed by atoms with Gasteiger partial charge in [0.15, 0.2) is 5.78 Å². The third-order valence-corrected chi connectivity index (χ3v) is 3.35. The molecule has 2 nitrogen and oxygen atoms in total. The first-order valence-electron chi connectivity index (χ1n) is 5.65. The van der Waals surface area contributed by atoms with Gasteiger partial charge in [-0.15, -0.1) is 0 Å². The van der Waals surface area contributed by atoms with E-state index in [1.165, 1.54) is 0 Å². The zero-order chi connectivity index (χ0) is 13.0. The molecule has 0 saturated carbocycles. The van der Waals surface area contributed by atoms with Gasteiger partial charge in [0.25, 0.3) is 0 Å². The molecule has 1 rings (SSSR count). The number of hydrogen-bond acceptors (Lipinski definition) is 2. The standard InChI is InChI=1S/C13H17Cl2NO/c1-8(2)5-10(7-16)13(17)9-3-4-11(14)12(15)6-9/h3-4,6,8,10H,5,7,16H2,1-2H3. The highest BCUT2D eigenvalue weighted by molar-refractivity contribution is 6.42. The Morgan fingerprint density at radius 2 is 1.94 bits per heavy atom. The zero-order valence-electron chi connectivity index (χ0n) is 10.0. The van der Waals surface area contributed by atoms with Crippen LogP contribution in [-0.4, -0.2) is 12.3 Å². The van der Waals surface area contributed by atoms with E-state index in [-0.39, 0.29) is 11.7 Å². The van der Waals surface area contributed by atoms with Crippen LogP contribution in [0.3, 0.4) is 0 Å². The number of hydrogen-bond donors (Lipinski definition) is 1. The average Bonchev–Trinajstić information content (AvgIpc) is 2.28. The van der Waals surface area contributed by atoms with Crippen LogP contribution in [0.25, 0.3) is 0 Å². The number of benzene rings is 1. The molecule has 4 heteroatoms. The zero-order valence-corrected chi connectivity index (χ0v) is 11.6. The van der Waals surface area contributed by atoms with Crippen molar-refractivity contribution in [3.63, 3.8) is 0 Å². The van der Waals surface area contributed by atoms with E-state index in [1.807, 2.05) is 0 Å². The lowest BCUT2D eigenvalue weighted by Crippen LogP contribution is -2.25. The van der Waals surface area contributed by atoms with Gasteiger partial charge in [-0.2, -0.15) is 0 Å². The van der Waals surface area contributed by atoms with Crippen molar-refractivity contribution in [1.82, 2.24) is 0 Å². The highest BCUT2D eigenvalue weighted by atomic mass is 35.5. The Morgan fingerprint density at radius 3 is 2.41 bits per heavy atom. The summed E-state index contributed by atoms with van der Waals surface area (Å²) in [5.74, 6) is 0.335. The number of halogens is 2. The molecule has 1 aromatic carbocycles. The van der Waals surface area contributed by atoms with Gasteiger partial charge in [0, 0.05) is 18.0 Å². The molecular formula is C13H17Cl2NO. The maximum atomic E-state index is 12.2. The predicted octanol–water partition coefficient (Wildman–Crippen LogP) is 3.80. The van der Waals surface area contributed by atoms with Crippen molar-refractivity contribution >= 4 is 29.0 Å². The van der Waals surface area contributed by atoms with Gasteiger partial charge in [-0.1, -0.05) is 37.0 Å². The van der Waals surface area contributed by atoms with Crippen LogP contribution in [0.5, 0.6) is 0 Å². The minimum Gasteiger partial charge on any atom is -0.330 e. The van der Waals surface area contributed by atoms with Crippen LogP contribution in [0, 0.1) is 11.8 Å². The number of ketones is 1. The summed E-state index contributed by atoms with van der Waals surface area (Å²) in [6.07, 6.45) is 0.787. The van der Waals surface area contributed by atoms with E-state index < -0.39 is 0 Å². The monoisotopic (exact) mass is 273 g/mol. The van der Waals surface area contributed by atoms with E-state index in [1.54, 1.807) is 18.2 Å². The van der Waals surface area contributed by atoms with E-state index in [4.69, 9.17) is 28.9 Å². The second-order valence-corrected chi connectivity index (χ2v) is 5.37. The molecule has 1 unspecified atom stereocenters. The van der Waals surface area contributed by atoms with E-state index in [0.29, 0.717) is 28.1 Å². The first kappa shape index (κ1) is 14.5. The van der Waals surface area contributed by atoms with Crippen LogP contribution in [0.4, 0.5) is 0 Å². The lowest BCUT2D eigenvalue weighted by molar-refractivity contribution is 0.0909. The van der Waals surface area contributed by atoms with Crippen LogP contribution < -0.4 is 5.73 Å². The number of carbonyl (C=O) groups excluding carboxylic acids is 1. The molecule has 17 heavy (non-hydrogen) atoms. The van der Waals surface area contributed by atoms with Gasteiger partial charge in [-0.25, -0.2) is 0 Å². The molecule has 0 radical (unpaired) electrons. The number of nitrogens with two attached hydrogens (primary N) is 1. The molecule has 0 aromatic heterocycles. The number of Topliss-reactive ketones (excluding diaryl/α,β-unsaturated/α-hetero) is 1. The lowest BCUT2D eigenvalue weighted by atomic mass is 9.90. The molecule has 0 saturated heterocycles.